The molecule has 0 radical (unpaired) electrons. The predicted molar refractivity (Wildman–Crippen MR) is 48.3 cm³/mol. The standard InChI is InChI=1S/C9H7ClO2/c10-6-5-7-1-3-8(4-2-7)9(11)12/h1-6H,(H,11,12)/b6-5+. The van der Waals surface area contributed by atoms with Gasteiger partial charge in [0.25, 0.3) is 0 Å². The van der Waals surface area contributed by atoms with E-state index in [0.29, 0.717) is 0 Å². The Morgan fingerprint density at radius 3 is 2.33 bits per heavy atom. The van der Waals surface area contributed by atoms with Gasteiger partial charge in [0.05, 0.1) is 5.56 Å². The minimum absolute atomic E-state index is 0.279. The fourth-order valence-corrected chi connectivity index (χ4v) is 0.955. The molecule has 0 bridgehead atoms. The van der Waals surface area contributed by atoms with Gasteiger partial charge in [0, 0.05) is 5.54 Å². The van der Waals surface area contributed by atoms with Crippen LogP contribution in [0, 0.1) is 0 Å². The van der Waals surface area contributed by atoms with E-state index in [1.807, 2.05) is 0 Å². The molecule has 0 saturated heterocycles. The molecule has 1 N–H and O–H groups in total. The highest BCUT2D eigenvalue weighted by molar-refractivity contribution is 6.27. The van der Waals surface area contributed by atoms with Crippen LogP contribution in [0.1, 0.15) is 15.9 Å². The van der Waals surface area contributed by atoms with Crippen molar-refractivity contribution in [2.45, 2.75) is 0 Å². The Kier molecular flexibility index (Phi) is 2.88. The van der Waals surface area contributed by atoms with Gasteiger partial charge in [0.1, 0.15) is 0 Å². The molecule has 0 atom stereocenters. The van der Waals surface area contributed by atoms with Gasteiger partial charge in [-0.3, -0.25) is 0 Å². The third-order valence-electron chi connectivity index (χ3n) is 1.41. The van der Waals surface area contributed by atoms with Crippen molar-refractivity contribution in [3.63, 3.8) is 0 Å². The summed E-state index contributed by atoms with van der Waals surface area (Å²) in [6.45, 7) is 0. The highest BCUT2D eigenvalue weighted by Gasteiger charge is 1.99. The molecule has 0 fully saturated rings. The fourth-order valence-electron chi connectivity index (χ4n) is 0.810. The zero-order chi connectivity index (χ0) is 8.97. The number of carboxylic acids is 1. The second-order valence-corrected chi connectivity index (χ2v) is 2.47. The Bertz CT molecular complexity index is 301. The lowest BCUT2D eigenvalue weighted by Crippen LogP contribution is -1.94. The molecule has 0 saturated carbocycles. The minimum atomic E-state index is -0.920. The Labute approximate surface area is 75.1 Å². The lowest BCUT2D eigenvalue weighted by Gasteiger charge is -1.94. The van der Waals surface area contributed by atoms with Crippen molar-refractivity contribution >= 4 is 23.6 Å². The van der Waals surface area contributed by atoms with E-state index in [4.69, 9.17) is 16.7 Å². The van der Waals surface area contributed by atoms with E-state index >= 15 is 0 Å². The van der Waals surface area contributed by atoms with E-state index in [1.165, 1.54) is 17.7 Å². The van der Waals surface area contributed by atoms with Gasteiger partial charge in [-0.2, -0.15) is 0 Å². The predicted octanol–water partition coefficient (Wildman–Crippen LogP) is 2.59. The normalized spacial score (nSPS) is 10.4. The van der Waals surface area contributed by atoms with Crippen LogP contribution in [0.3, 0.4) is 0 Å². The van der Waals surface area contributed by atoms with Gasteiger partial charge in [-0.05, 0) is 23.8 Å². The zero-order valence-corrected chi connectivity index (χ0v) is 6.95. The molecular weight excluding hydrogens is 176 g/mol. The number of benzene rings is 1. The summed E-state index contributed by atoms with van der Waals surface area (Å²) in [6, 6.07) is 6.47. The van der Waals surface area contributed by atoms with Gasteiger partial charge in [-0.15, -0.1) is 0 Å². The summed E-state index contributed by atoms with van der Waals surface area (Å²) in [4.78, 5) is 10.4. The van der Waals surface area contributed by atoms with E-state index in [0.717, 1.165) is 5.56 Å². The molecule has 1 aromatic rings. The molecule has 0 heterocycles. The summed E-state index contributed by atoms with van der Waals surface area (Å²) in [5, 5.41) is 8.56. The zero-order valence-electron chi connectivity index (χ0n) is 6.20. The van der Waals surface area contributed by atoms with E-state index in [2.05, 4.69) is 0 Å². The first-order valence-corrected chi connectivity index (χ1v) is 3.78. The summed E-state index contributed by atoms with van der Waals surface area (Å²) >= 11 is 5.34. The van der Waals surface area contributed by atoms with Crippen LogP contribution in [0.4, 0.5) is 0 Å². The smallest absolute Gasteiger partial charge is 0.335 e. The first-order valence-electron chi connectivity index (χ1n) is 3.34. The summed E-state index contributed by atoms with van der Waals surface area (Å²) in [5.74, 6) is -0.920. The summed E-state index contributed by atoms with van der Waals surface area (Å²) < 4.78 is 0. The molecule has 2 nitrogen and oxygen atoms in total. The lowest BCUT2D eigenvalue weighted by molar-refractivity contribution is 0.0697. The largest absolute Gasteiger partial charge is 0.478 e. The molecule has 62 valence electrons. The van der Waals surface area contributed by atoms with Gasteiger partial charge in [-0.25, -0.2) is 4.79 Å². The van der Waals surface area contributed by atoms with E-state index in [-0.39, 0.29) is 5.56 Å². The van der Waals surface area contributed by atoms with Crippen molar-refractivity contribution in [1.82, 2.24) is 0 Å². The van der Waals surface area contributed by atoms with Gasteiger partial charge >= 0.3 is 5.97 Å². The van der Waals surface area contributed by atoms with Crippen LogP contribution in [0.2, 0.25) is 0 Å². The second-order valence-electron chi connectivity index (χ2n) is 2.22. The van der Waals surface area contributed by atoms with Gasteiger partial charge in [0.15, 0.2) is 0 Å². The van der Waals surface area contributed by atoms with Gasteiger partial charge in [-0.1, -0.05) is 23.7 Å². The molecule has 0 aliphatic heterocycles. The first-order chi connectivity index (χ1) is 5.74. The number of hydrogen-bond acceptors (Lipinski definition) is 1. The highest BCUT2D eigenvalue weighted by atomic mass is 35.5. The van der Waals surface area contributed by atoms with E-state index < -0.39 is 5.97 Å². The molecule has 1 aromatic carbocycles. The Morgan fingerprint density at radius 1 is 1.33 bits per heavy atom. The third-order valence-corrected chi connectivity index (χ3v) is 1.54. The van der Waals surface area contributed by atoms with E-state index in [9.17, 15) is 4.79 Å². The SMILES string of the molecule is O=C(O)c1ccc(/C=C/Cl)cc1. The Balaban J connectivity index is 2.93. The van der Waals surface area contributed by atoms with E-state index in [1.54, 1.807) is 18.2 Å². The number of carboxylic acid groups (broad SMARTS) is 1. The van der Waals surface area contributed by atoms with Crippen molar-refractivity contribution in [2.75, 3.05) is 0 Å². The van der Waals surface area contributed by atoms with Crippen LogP contribution in [-0.4, -0.2) is 11.1 Å². The van der Waals surface area contributed by atoms with Crippen molar-refractivity contribution in [2.24, 2.45) is 0 Å². The van der Waals surface area contributed by atoms with Crippen LogP contribution in [0.5, 0.6) is 0 Å². The molecule has 3 heteroatoms. The van der Waals surface area contributed by atoms with Crippen LogP contribution >= 0.6 is 11.6 Å². The molecule has 0 unspecified atom stereocenters. The molecule has 0 aromatic heterocycles. The van der Waals surface area contributed by atoms with Crippen LogP contribution < -0.4 is 0 Å². The number of carbonyl (C=O) groups is 1. The number of hydrogen-bond donors (Lipinski definition) is 1. The highest BCUT2D eigenvalue weighted by Crippen LogP contribution is 2.06. The molecule has 0 aliphatic rings. The average Bonchev–Trinajstić information content (AvgIpc) is 2.06. The number of aromatic carboxylic acids is 1. The van der Waals surface area contributed by atoms with Crippen molar-refractivity contribution in [3.8, 4) is 0 Å². The summed E-state index contributed by atoms with van der Waals surface area (Å²) in [5.41, 5.74) is 2.55. The second kappa shape index (κ2) is 3.93. The van der Waals surface area contributed by atoms with Crippen molar-refractivity contribution in [3.05, 3.63) is 40.9 Å². The molecule has 0 spiro atoms. The molecule has 0 aliphatic carbocycles. The molecule has 12 heavy (non-hydrogen) atoms. The van der Waals surface area contributed by atoms with Crippen molar-refractivity contribution in [1.29, 1.82) is 0 Å². The van der Waals surface area contributed by atoms with Crippen molar-refractivity contribution < 1.29 is 9.90 Å². The maximum Gasteiger partial charge on any atom is 0.335 e. The van der Waals surface area contributed by atoms with Crippen LogP contribution in [0.25, 0.3) is 6.08 Å². The Morgan fingerprint density at radius 2 is 1.92 bits per heavy atom. The van der Waals surface area contributed by atoms with Crippen LogP contribution in [0.15, 0.2) is 29.8 Å². The average molecular weight is 183 g/mol. The monoisotopic (exact) mass is 182 g/mol. The quantitative estimate of drug-likeness (QED) is 0.764. The molecule has 0 amide bonds. The first kappa shape index (κ1) is 8.81. The number of halogens is 1. The molecular formula is C9H7ClO2. The number of rotatable bonds is 2. The summed E-state index contributed by atoms with van der Waals surface area (Å²) in [7, 11) is 0. The van der Waals surface area contributed by atoms with Gasteiger partial charge < -0.3 is 5.11 Å². The summed E-state index contributed by atoms with van der Waals surface area (Å²) in [6.07, 6.45) is 1.69. The fraction of sp³-hybridized carbons (Fsp3) is 0. The molecule has 1 rings (SSSR count). The van der Waals surface area contributed by atoms with Crippen LogP contribution in [-0.2, 0) is 0 Å². The third kappa shape index (κ3) is 2.10. The minimum Gasteiger partial charge on any atom is -0.478 e. The lowest BCUT2D eigenvalue weighted by atomic mass is 10.1. The maximum absolute atomic E-state index is 10.4. The topological polar surface area (TPSA) is 37.3 Å². The Hall–Kier alpha value is -1.28. The maximum atomic E-state index is 10.4. The van der Waals surface area contributed by atoms with Gasteiger partial charge in [0.2, 0.25) is 0 Å².